The number of anilines is 1. The van der Waals surface area contributed by atoms with Gasteiger partial charge in [0.05, 0.1) is 12.3 Å². The molecule has 0 aliphatic rings. The van der Waals surface area contributed by atoms with Crippen LogP contribution in [0, 0.1) is 0 Å². The second-order valence-corrected chi connectivity index (χ2v) is 4.51. The summed E-state index contributed by atoms with van der Waals surface area (Å²) in [6, 6.07) is 15.1. The summed E-state index contributed by atoms with van der Waals surface area (Å²) in [6.07, 6.45) is 0. The minimum atomic E-state index is -0.124. The Morgan fingerprint density at radius 2 is 1.67 bits per heavy atom. The fourth-order valence-electron chi connectivity index (χ4n) is 1.96. The molecule has 110 valence electrons. The maximum atomic E-state index is 11.2. The lowest BCUT2D eigenvalue weighted by Crippen LogP contribution is -2.08. The third kappa shape index (κ3) is 4.24. The van der Waals surface area contributed by atoms with Crippen molar-refractivity contribution in [3.63, 3.8) is 0 Å². The van der Waals surface area contributed by atoms with Gasteiger partial charge in [0.25, 0.3) is 0 Å². The SMILES string of the molecule is CCOc1ccccc1COc1ccccc1NC(C)=O. The average molecular weight is 285 g/mol. The molecule has 0 unspecified atom stereocenters. The average Bonchev–Trinajstić information content (AvgIpc) is 2.47. The molecule has 0 atom stereocenters. The van der Waals surface area contributed by atoms with Gasteiger partial charge in [-0.2, -0.15) is 0 Å². The number of amides is 1. The van der Waals surface area contributed by atoms with Gasteiger partial charge in [-0.1, -0.05) is 30.3 Å². The van der Waals surface area contributed by atoms with Gasteiger partial charge in [0.2, 0.25) is 5.91 Å². The first kappa shape index (κ1) is 14.9. The maximum Gasteiger partial charge on any atom is 0.221 e. The van der Waals surface area contributed by atoms with E-state index in [4.69, 9.17) is 9.47 Å². The van der Waals surface area contributed by atoms with Crippen molar-refractivity contribution in [2.45, 2.75) is 20.5 Å². The highest BCUT2D eigenvalue weighted by atomic mass is 16.5. The highest BCUT2D eigenvalue weighted by Crippen LogP contribution is 2.26. The van der Waals surface area contributed by atoms with Crippen LogP contribution in [0.1, 0.15) is 19.4 Å². The van der Waals surface area contributed by atoms with E-state index in [1.54, 1.807) is 0 Å². The largest absolute Gasteiger partial charge is 0.493 e. The van der Waals surface area contributed by atoms with E-state index < -0.39 is 0 Å². The van der Waals surface area contributed by atoms with E-state index in [0.29, 0.717) is 24.7 Å². The van der Waals surface area contributed by atoms with Gasteiger partial charge in [-0.05, 0) is 25.1 Å². The molecule has 2 aromatic rings. The molecule has 0 aliphatic heterocycles. The van der Waals surface area contributed by atoms with Crippen molar-refractivity contribution >= 4 is 11.6 Å². The van der Waals surface area contributed by atoms with E-state index in [0.717, 1.165) is 11.3 Å². The zero-order valence-electron chi connectivity index (χ0n) is 12.3. The summed E-state index contributed by atoms with van der Waals surface area (Å²) < 4.78 is 11.4. The molecule has 4 nitrogen and oxygen atoms in total. The molecule has 0 aromatic heterocycles. The zero-order chi connectivity index (χ0) is 15.1. The Morgan fingerprint density at radius 3 is 2.38 bits per heavy atom. The van der Waals surface area contributed by atoms with Gasteiger partial charge in [-0.15, -0.1) is 0 Å². The van der Waals surface area contributed by atoms with Crippen molar-refractivity contribution in [1.82, 2.24) is 0 Å². The van der Waals surface area contributed by atoms with Gasteiger partial charge in [0, 0.05) is 12.5 Å². The predicted octanol–water partition coefficient (Wildman–Crippen LogP) is 3.62. The van der Waals surface area contributed by atoms with Gasteiger partial charge in [-0.25, -0.2) is 0 Å². The molecule has 0 saturated carbocycles. The summed E-state index contributed by atoms with van der Waals surface area (Å²) in [5.74, 6) is 1.33. The standard InChI is InChI=1S/C17H19NO3/c1-3-20-16-10-6-4-8-14(16)12-21-17-11-7-5-9-15(17)18-13(2)19/h4-11H,3,12H2,1-2H3,(H,18,19). The van der Waals surface area contributed by atoms with Crippen LogP contribution in [0.2, 0.25) is 0 Å². The van der Waals surface area contributed by atoms with E-state index >= 15 is 0 Å². The number of carbonyl (C=O) groups is 1. The third-order valence-corrected chi connectivity index (χ3v) is 2.85. The molecule has 4 heteroatoms. The summed E-state index contributed by atoms with van der Waals surface area (Å²) >= 11 is 0. The van der Waals surface area contributed by atoms with Crippen LogP contribution < -0.4 is 14.8 Å². The van der Waals surface area contributed by atoms with Crippen molar-refractivity contribution in [3.05, 3.63) is 54.1 Å². The van der Waals surface area contributed by atoms with Crippen LogP contribution in [-0.4, -0.2) is 12.5 Å². The molecule has 0 aliphatic carbocycles. The summed E-state index contributed by atoms with van der Waals surface area (Å²) in [4.78, 5) is 11.2. The maximum absolute atomic E-state index is 11.2. The molecule has 1 amide bonds. The fourth-order valence-corrected chi connectivity index (χ4v) is 1.96. The molecule has 21 heavy (non-hydrogen) atoms. The van der Waals surface area contributed by atoms with Crippen molar-refractivity contribution < 1.29 is 14.3 Å². The Balaban J connectivity index is 2.11. The minimum absolute atomic E-state index is 0.124. The van der Waals surface area contributed by atoms with Crippen LogP contribution in [0.3, 0.4) is 0 Å². The first-order chi connectivity index (χ1) is 10.2. The summed E-state index contributed by atoms with van der Waals surface area (Å²) in [5.41, 5.74) is 1.64. The Kier molecular flexibility index (Phi) is 5.21. The Morgan fingerprint density at radius 1 is 1.00 bits per heavy atom. The monoisotopic (exact) mass is 285 g/mol. The van der Waals surface area contributed by atoms with Crippen molar-refractivity contribution in [1.29, 1.82) is 0 Å². The number of para-hydroxylation sites is 3. The molecule has 1 N–H and O–H groups in total. The fraction of sp³-hybridized carbons (Fsp3) is 0.235. The molecule has 2 rings (SSSR count). The van der Waals surface area contributed by atoms with E-state index in [1.807, 2.05) is 55.5 Å². The highest BCUT2D eigenvalue weighted by Gasteiger charge is 2.07. The van der Waals surface area contributed by atoms with Crippen LogP contribution in [0.15, 0.2) is 48.5 Å². The molecule has 2 aromatic carbocycles. The molecular weight excluding hydrogens is 266 g/mol. The lowest BCUT2D eigenvalue weighted by molar-refractivity contribution is -0.114. The number of carbonyl (C=O) groups excluding carboxylic acids is 1. The lowest BCUT2D eigenvalue weighted by atomic mass is 10.2. The number of nitrogens with one attached hydrogen (secondary N) is 1. The third-order valence-electron chi connectivity index (χ3n) is 2.85. The van der Waals surface area contributed by atoms with Crippen molar-refractivity contribution in [3.8, 4) is 11.5 Å². The van der Waals surface area contributed by atoms with Crippen LogP contribution >= 0.6 is 0 Å². The molecule has 0 heterocycles. The first-order valence-electron chi connectivity index (χ1n) is 6.91. The Labute approximate surface area is 124 Å². The lowest BCUT2D eigenvalue weighted by Gasteiger charge is -2.14. The van der Waals surface area contributed by atoms with Crippen LogP contribution in [-0.2, 0) is 11.4 Å². The number of hydrogen-bond donors (Lipinski definition) is 1. The Hall–Kier alpha value is -2.49. The highest BCUT2D eigenvalue weighted by molar-refractivity contribution is 5.90. The van der Waals surface area contributed by atoms with Gasteiger partial charge < -0.3 is 14.8 Å². The van der Waals surface area contributed by atoms with E-state index in [1.165, 1.54) is 6.92 Å². The topological polar surface area (TPSA) is 47.6 Å². The van der Waals surface area contributed by atoms with Gasteiger partial charge in [-0.3, -0.25) is 4.79 Å². The number of ether oxygens (including phenoxy) is 2. The van der Waals surface area contributed by atoms with Crippen LogP contribution in [0.5, 0.6) is 11.5 Å². The second kappa shape index (κ2) is 7.33. The van der Waals surface area contributed by atoms with Crippen molar-refractivity contribution in [2.24, 2.45) is 0 Å². The Bertz CT molecular complexity index is 610. The van der Waals surface area contributed by atoms with E-state index in [-0.39, 0.29) is 5.91 Å². The first-order valence-corrected chi connectivity index (χ1v) is 6.91. The molecule has 0 bridgehead atoms. The minimum Gasteiger partial charge on any atom is -0.493 e. The molecular formula is C17H19NO3. The summed E-state index contributed by atoms with van der Waals surface area (Å²) in [7, 11) is 0. The number of benzene rings is 2. The van der Waals surface area contributed by atoms with Gasteiger partial charge >= 0.3 is 0 Å². The summed E-state index contributed by atoms with van der Waals surface area (Å²) in [6.45, 7) is 4.41. The number of hydrogen-bond acceptors (Lipinski definition) is 3. The van der Waals surface area contributed by atoms with Crippen LogP contribution in [0.25, 0.3) is 0 Å². The second-order valence-electron chi connectivity index (χ2n) is 4.51. The molecule has 0 radical (unpaired) electrons. The zero-order valence-corrected chi connectivity index (χ0v) is 12.3. The number of rotatable bonds is 6. The van der Waals surface area contributed by atoms with Gasteiger partial charge in [0.1, 0.15) is 18.1 Å². The smallest absolute Gasteiger partial charge is 0.221 e. The normalized spacial score (nSPS) is 10.0. The predicted molar refractivity (Wildman–Crippen MR) is 82.7 cm³/mol. The molecule has 0 saturated heterocycles. The van der Waals surface area contributed by atoms with E-state index in [2.05, 4.69) is 5.32 Å². The molecule has 0 fully saturated rings. The van der Waals surface area contributed by atoms with Gasteiger partial charge in [0.15, 0.2) is 0 Å². The van der Waals surface area contributed by atoms with Crippen molar-refractivity contribution in [2.75, 3.05) is 11.9 Å². The molecule has 0 spiro atoms. The summed E-state index contributed by atoms with van der Waals surface area (Å²) in [5, 5.41) is 2.75. The quantitative estimate of drug-likeness (QED) is 0.881. The van der Waals surface area contributed by atoms with Crippen LogP contribution in [0.4, 0.5) is 5.69 Å². The van der Waals surface area contributed by atoms with E-state index in [9.17, 15) is 4.79 Å².